The second-order valence-electron chi connectivity index (χ2n) is 4.85. The Bertz CT molecular complexity index is 456. The van der Waals surface area contributed by atoms with Gasteiger partial charge in [0.2, 0.25) is 0 Å². The van der Waals surface area contributed by atoms with E-state index in [1.54, 1.807) is 10.9 Å². The maximum Gasteiger partial charge on any atom is 0.0860 e. The number of aliphatic hydroxyl groups is 1. The van der Waals surface area contributed by atoms with Crippen molar-refractivity contribution in [3.63, 3.8) is 0 Å². The van der Waals surface area contributed by atoms with E-state index < -0.39 is 6.10 Å². The molecule has 1 heterocycles. The Morgan fingerprint density at radius 3 is 2.68 bits per heavy atom. The topological polar surface area (TPSA) is 50.1 Å². The zero-order valence-corrected chi connectivity index (χ0v) is 11.2. The molecule has 0 bridgehead atoms. The van der Waals surface area contributed by atoms with Crippen LogP contribution in [-0.2, 0) is 6.54 Å². The van der Waals surface area contributed by atoms with Gasteiger partial charge in [-0.2, -0.15) is 5.10 Å². The van der Waals surface area contributed by atoms with Crippen LogP contribution in [0.25, 0.3) is 0 Å². The van der Waals surface area contributed by atoms with Crippen LogP contribution >= 0.6 is 0 Å². The van der Waals surface area contributed by atoms with Gasteiger partial charge in [-0.05, 0) is 17.5 Å². The van der Waals surface area contributed by atoms with E-state index >= 15 is 0 Å². The lowest BCUT2D eigenvalue weighted by Crippen LogP contribution is -2.32. The second kappa shape index (κ2) is 7.07. The van der Waals surface area contributed by atoms with Crippen molar-refractivity contribution < 1.29 is 5.11 Å². The van der Waals surface area contributed by atoms with E-state index in [4.69, 9.17) is 0 Å². The van der Waals surface area contributed by atoms with Gasteiger partial charge in [0.25, 0.3) is 0 Å². The minimum absolute atomic E-state index is 0.414. The summed E-state index contributed by atoms with van der Waals surface area (Å²) in [5, 5.41) is 17.3. The fourth-order valence-corrected chi connectivity index (χ4v) is 2.05. The zero-order chi connectivity index (χ0) is 13.5. The van der Waals surface area contributed by atoms with Crippen LogP contribution in [0.1, 0.15) is 18.4 Å². The Hall–Kier alpha value is -1.65. The normalized spacial score (nSPS) is 14.2. The molecule has 1 aromatic heterocycles. The van der Waals surface area contributed by atoms with Crippen LogP contribution in [0.4, 0.5) is 0 Å². The molecule has 0 aliphatic carbocycles. The van der Waals surface area contributed by atoms with Gasteiger partial charge in [0, 0.05) is 25.5 Å². The number of aliphatic hydroxyl groups excluding tert-OH is 1. The third-order valence-corrected chi connectivity index (χ3v) is 3.16. The molecule has 0 saturated heterocycles. The van der Waals surface area contributed by atoms with Crippen molar-refractivity contribution in [1.82, 2.24) is 15.1 Å². The van der Waals surface area contributed by atoms with E-state index in [2.05, 4.69) is 41.6 Å². The standard InChI is InChI=1S/C15H21N3O/c1-13(14-6-3-2-4-7-14)10-16-11-15(19)12-18-9-5-8-17-18/h2-9,13,15-16,19H,10-12H2,1H3. The van der Waals surface area contributed by atoms with Gasteiger partial charge in [-0.3, -0.25) is 4.68 Å². The van der Waals surface area contributed by atoms with Gasteiger partial charge in [0.15, 0.2) is 0 Å². The van der Waals surface area contributed by atoms with Gasteiger partial charge in [-0.1, -0.05) is 37.3 Å². The van der Waals surface area contributed by atoms with Gasteiger partial charge in [0.1, 0.15) is 0 Å². The maximum absolute atomic E-state index is 9.88. The largest absolute Gasteiger partial charge is 0.390 e. The summed E-state index contributed by atoms with van der Waals surface area (Å²) in [6.07, 6.45) is 3.16. The van der Waals surface area contributed by atoms with Crippen molar-refractivity contribution in [2.45, 2.75) is 25.5 Å². The zero-order valence-electron chi connectivity index (χ0n) is 11.2. The van der Waals surface area contributed by atoms with Crippen LogP contribution in [0.3, 0.4) is 0 Å². The minimum Gasteiger partial charge on any atom is -0.390 e. The highest BCUT2D eigenvalue weighted by Crippen LogP contribution is 2.12. The summed E-state index contributed by atoms with van der Waals surface area (Å²) >= 11 is 0. The molecule has 0 aliphatic rings. The molecular weight excluding hydrogens is 238 g/mol. The van der Waals surface area contributed by atoms with Crippen molar-refractivity contribution in [2.24, 2.45) is 0 Å². The molecule has 0 fully saturated rings. The first-order valence-corrected chi connectivity index (χ1v) is 6.67. The molecule has 1 aromatic carbocycles. The number of benzene rings is 1. The van der Waals surface area contributed by atoms with Gasteiger partial charge in [-0.15, -0.1) is 0 Å². The van der Waals surface area contributed by atoms with Crippen LogP contribution in [0.5, 0.6) is 0 Å². The van der Waals surface area contributed by atoms with Crippen molar-refractivity contribution in [2.75, 3.05) is 13.1 Å². The van der Waals surface area contributed by atoms with E-state index in [0.29, 0.717) is 19.0 Å². The van der Waals surface area contributed by atoms with Gasteiger partial charge < -0.3 is 10.4 Å². The lowest BCUT2D eigenvalue weighted by atomic mass is 10.0. The third-order valence-electron chi connectivity index (χ3n) is 3.16. The Morgan fingerprint density at radius 1 is 1.21 bits per heavy atom. The van der Waals surface area contributed by atoms with Crippen molar-refractivity contribution in [3.8, 4) is 0 Å². The van der Waals surface area contributed by atoms with Crippen molar-refractivity contribution in [3.05, 3.63) is 54.4 Å². The summed E-state index contributed by atoms with van der Waals surface area (Å²) in [6.45, 7) is 4.15. The van der Waals surface area contributed by atoms with Gasteiger partial charge in [0.05, 0.1) is 12.6 Å². The van der Waals surface area contributed by atoms with Crippen LogP contribution in [0.2, 0.25) is 0 Å². The predicted molar refractivity (Wildman–Crippen MR) is 76.0 cm³/mol. The molecule has 2 rings (SSSR count). The number of aromatic nitrogens is 2. The van der Waals surface area contributed by atoms with E-state index in [0.717, 1.165) is 6.54 Å². The molecule has 2 N–H and O–H groups in total. The Balaban J connectivity index is 1.68. The van der Waals surface area contributed by atoms with Crippen molar-refractivity contribution in [1.29, 1.82) is 0 Å². The van der Waals surface area contributed by atoms with E-state index in [-0.39, 0.29) is 0 Å². The fourth-order valence-electron chi connectivity index (χ4n) is 2.05. The highest BCUT2D eigenvalue weighted by Gasteiger charge is 2.07. The molecule has 2 unspecified atom stereocenters. The molecule has 4 nitrogen and oxygen atoms in total. The second-order valence-corrected chi connectivity index (χ2v) is 4.85. The SMILES string of the molecule is CC(CNCC(O)Cn1cccn1)c1ccccc1. The summed E-state index contributed by atoms with van der Waals surface area (Å²) < 4.78 is 1.74. The molecule has 4 heteroatoms. The van der Waals surface area contributed by atoms with E-state index in [1.807, 2.05) is 18.3 Å². The Labute approximate surface area is 114 Å². The number of rotatable bonds is 7. The molecule has 0 aliphatic heterocycles. The Morgan fingerprint density at radius 2 is 2.00 bits per heavy atom. The molecule has 19 heavy (non-hydrogen) atoms. The highest BCUT2D eigenvalue weighted by atomic mass is 16.3. The summed E-state index contributed by atoms with van der Waals surface area (Å²) in [4.78, 5) is 0. The van der Waals surface area contributed by atoms with Crippen LogP contribution in [-0.4, -0.2) is 34.1 Å². The number of nitrogens with one attached hydrogen (secondary N) is 1. The highest BCUT2D eigenvalue weighted by molar-refractivity contribution is 5.18. The molecule has 0 spiro atoms. The van der Waals surface area contributed by atoms with Gasteiger partial charge in [-0.25, -0.2) is 0 Å². The molecule has 0 saturated carbocycles. The number of hydrogen-bond donors (Lipinski definition) is 2. The first-order valence-electron chi connectivity index (χ1n) is 6.67. The smallest absolute Gasteiger partial charge is 0.0860 e. The monoisotopic (exact) mass is 259 g/mol. The predicted octanol–water partition coefficient (Wildman–Crippen LogP) is 1.64. The minimum atomic E-state index is -0.414. The quantitative estimate of drug-likeness (QED) is 0.794. The first-order chi connectivity index (χ1) is 9.25. The summed E-state index contributed by atoms with van der Waals surface area (Å²) in [5.74, 6) is 0.443. The van der Waals surface area contributed by atoms with Crippen LogP contribution in [0, 0.1) is 0 Å². The van der Waals surface area contributed by atoms with Crippen LogP contribution in [0.15, 0.2) is 48.8 Å². The van der Waals surface area contributed by atoms with Crippen LogP contribution < -0.4 is 5.32 Å². The number of hydrogen-bond acceptors (Lipinski definition) is 3. The Kier molecular flexibility index (Phi) is 5.12. The molecule has 102 valence electrons. The molecule has 2 atom stereocenters. The lowest BCUT2D eigenvalue weighted by Gasteiger charge is -2.16. The van der Waals surface area contributed by atoms with Crippen molar-refractivity contribution >= 4 is 0 Å². The van der Waals surface area contributed by atoms with E-state index in [1.165, 1.54) is 5.56 Å². The van der Waals surface area contributed by atoms with E-state index in [9.17, 15) is 5.11 Å². The summed E-state index contributed by atoms with van der Waals surface area (Å²) in [7, 11) is 0. The lowest BCUT2D eigenvalue weighted by molar-refractivity contribution is 0.146. The van der Waals surface area contributed by atoms with Gasteiger partial charge >= 0.3 is 0 Å². The summed E-state index contributed by atoms with van der Waals surface area (Å²) in [5.41, 5.74) is 1.32. The first kappa shape index (κ1) is 13.8. The molecular formula is C15H21N3O. The fraction of sp³-hybridized carbons (Fsp3) is 0.400. The maximum atomic E-state index is 9.88. The molecule has 0 radical (unpaired) electrons. The summed E-state index contributed by atoms with van der Waals surface area (Å²) in [6, 6.07) is 12.3. The average Bonchev–Trinajstić information content (AvgIpc) is 2.92. The number of nitrogens with zero attached hydrogens (tertiary/aromatic N) is 2. The third kappa shape index (κ3) is 4.50. The average molecular weight is 259 g/mol. The molecule has 0 amide bonds. The molecule has 2 aromatic rings.